The number of hydrogen-bond donors (Lipinski definition) is 0. The van der Waals surface area contributed by atoms with Crippen molar-refractivity contribution in [2.24, 2.45) is 0 Å². The van der Waals surface area contributed by atoms with Gasteiger partial charge in [-0.2, -0.15) is 0 Å². The Bertz CT molecular complexity index is 759. The van der Waals surface area contributed by atoms with Gasteiger partial charge in [-0.3, -0.25) is 0 Å². The number of hydrogen-bond acceptors (Lipinski definition) is 4. The van der Waals surface area contributed by atoms with Crippen molar-refractivity contribution in [3.63, 3.8) is 0 Å². The highest BCUT2D eigenvalue weighted by Crippen LogP contribution is 2.37. The van der Waals surface area contributed by atoms with Crippen LogP contribution in [0.1, 0.15) is 72.8 Å². The van der Waals surface area contributed by atoms with E-state index in [1.807, 2.05) is 25.7 Å². The zero-order valence-corrected chi connectivity index (χ0v) is 20.3. The first-order valence-corrected chi connectivity index (χ1v) is 11.2. The first kappa shape index (κ1) is 22.6. The van der Waals surface area contributed by atoms with Crippen LogP contribution >= 0.6 is 15.9 Å². The number of carbonyl (C=O) groups is 1. The summed E-state index contributed by atoms with van der Waals surface area (Å²) in [6, 6.07) is 6.30. The molecule has 2 heterocycles. The first-order chi connectivity index (χ1) is 13.3. The molecule has 2 fully saturated rings. The third-order valence-corrected chi connectivity index (χ3v) is 6.75. The highest BCUT2D eigenvalue weighted by atomic mass is 79.9. The molecule has 1 amide bonds. The maximum Gasteiger partial charge on any atom is 0.494 e. The van der Waals surface area contributed by atoms with Crippen molar-refractivity contribution in [3.8, 4) is 0 Å². The van der Waals surface area contributed by atoms with Gasteiger partial charge in [0.25, 0.3) is 0 Å². The fourth-order valence-electron chi connectivity index (χ4n) is 3.72. The monoisotopic (exact) mass is 465 g/mol. The van der Waals surface area contributed by atoms with Gasteiger partial charge in [0.2, 0.25) is 0 Å². The fraction of sp³-hybridized carbons (Fsp3) is 0.682. The molecule has 29 heavy (non-hydrogen) atoms. The fourth-order valence-corrected chi connectivity index (χ4v) is 4.44. The van der Waals surface area contributed by atoms with E-state index in [1.54, 1.807) is 0 Å². The molecule has 0 spiro atoms. The van der Waals surface area contributed by atoms with Crippen LogP contribution in [-0.4, -0.2) is 48.0 Å². The van der Waals surface area contributed by atoms with Gasteiger partial charge in [-0.05, 0) is 78.4 Å². The number of rotatable bonds is 2. The number of amides is 1. The maximum absolute atomic E-state index is 12.5. The number of piperidine rings is 1. The molecule has 0 aliphatic carbocycles. The summed E-state index contributed by atoms with van der Waals surface area (Å²) >= 11 is 3.75. The molecule has 1 aromatic carbocycles. The van der Waals surface area contributed by atoms with Gasteiger partial charge in [-0.15, -0.1) is 0 Å². The molecule has 2 aliphatic rings. The molecular formula is C22H33BBrNO4. The van der Waals surface area contributed by atoms with E-state index in [-0.39, 0.29) is 30.3 Å². The molecule has 2 saturated heterocycles. The SMILES string of the molecule is CC(C)(C)OC(=O)N1CCCC(c2ccc(B3OC(C)(C)C(C)(C)O3)cc2Br)C1. The summed E-state index contributed by atoms with van der Waals surface area (Å²) in [4.78, 5) is 14.3. The second-order valence-corrected chi connectivity index (χ2v) is 11.0. The predicted molar refractivity (Wildman–Crippen MR) is 120 cm³/mol. The van der Waals surface area contributed by atoms with E-state index in [1.165, 1.54) is 5.56 Å². The van der Waals surface area contributed by atoms with Crippen molar-refractivity contribution in [1.29, 1.82) is 0 Å². The molecule has 5 nitrogen and oxygen atoms in total. The van der Waals surface area contributed by atoms with Crippen LogP contribution in [-0.2, 0) is 14.0 Å². The third kappa shape index (κ3) is 5.00. The molecule has 0 saturated carbocycles. The Morgan fingerprint density at radius 3 is 2.38 bits per heavy atom. The Balaban J connectivity index is 1.73. The summed E-state index contributed by atoms with van der Waals surface area (Å²) < 4.78 is 18.9. The molecular weight excluding hydrogens is 433 g/mol. The summed E-state index contributed by atoms with van der Waals surface area (Å²) in [7, 11) is -0.380. The highest BCUT2D eigenvalue weighted by Gasteiger charge is 2.51. The number of nitrogens with zero attached hydrogens (tertiary/aromatic N) is 1. The number of halogens is 1. The Labute approximate surface area is 183 Å². The minimum absolute atomic E-state index is 0.229. The van der Waals surface area contributed by atoms with E-state index in [9.17, 15) is 4.79 Å². The molecule has 0 radical (unpaired) electrons. The summed E-state index contributed by atoms with van der Waals surface area (Å²) in [5.41, 5.74) is 1.01. The molecule has 3 rings (SSSR count). The number of likely N-dealkylation sites (tertiary alicyclic amines) is 1. The van der Waals surface area contributed by atoms with Crippen molar-refractivity contribution < 1.29 is 18.8 Å². The van der Waals surface area contributed by atoms with Gasteiger partial charge in [-0.1, -0.05) is 28.1 Å². The molecule has 0 N–H and O–H groups in total. The lowest BCUT2D eigenvalue weighted by Gasteiger charge is -2.34. The lowest BCUT2D eigenvalue weighted by atomic mass is 9.78. The van der Waals surface area contributed by atoms with Crippen LogP contribution < -0.4 is 5.46 Å². The summed E-state index contributed by atoms with van der Waals surface area (Å²) in [5, 5.41) is 0. The summed E-state index contributed by atoms with van der Waals surface area (Å²) in [5.74, 6) is 0.276. The Morgan fingerprint density at radius 2 is 1.83 bits per heavy atom. The van der Waals surface area contributed by atoms with Gasteiger partial charge >= 0.3 is 13.2 Å². The maximum atomic E-state index is 12.5. The lowest BCUT2D eigenvalue weighted by Crippen LogP contribution is -2.42. The number of carbonyl (C=O) groups excluding carboxylic acids is 1. The normalized spacial score (nSPS) is 23.9. The Morgan fingerprint density at radius 1 is 1.21 bits per heavy atom. The molecule has 160 valence electrons. The smallest absolute Gasteiger partial charge is 0.444 e. The van der Waals surface area contributed by atoms with Crippen LogP contribution in [0.4, 0.5) is 4.79 Å². The predicted octanol–water partition coefficient (Wildman–Crippen LogP) is 4.86. The average molecular weight is 466 g/mol. The van der Waals surface area contributed by atoms with Gasteiger partial charge in [0.15, 0.2) is 0 Å². The number of ether oxygens (including phenoxy) is 1. The summed E-state index contributed by atoms with van der Waals surface area (Å²) in [6.45, 7) is 15.4. The zero-order chi connectivity index (χ0) is 21.6. The van der Waals surface area contributed by atoms with E-state index in [0.29, 0.717) is 6.54 Å². The second kappa shape index (κ2) is 7.90. The number of benzene rings is 1. The van der Waals surface area contributed by atoms with Crippen LogP contribution in [0.25, 0.3) is 0 Å². The quantitative estimate of drug-likeness (QED) is 0.585. The standard InChI is InChI=1S/C22H33BBrNO4/c1-20(2,3)27-19(26)25-12-8-9-15(14-25)17-11-10-16(13-18(17)24)23-28-21(4,5)22(6,7)29-23/h10-11,13,15H,8-9,12,14H2,1-7H3. The molecule has 0 bridgehead atoms. The average Bonchev–Trinajstić information content (AvgIpc) is 2.81. The van der Waals surface area contributed by atoms with Crippen molar-refractivity contribution in [2.75, 3.05) is 13.1 Å². The molecule has 1 atom stereocenters. The van der Waals surface area contributed by atoms with Crippen molar-refractivity contribution in [1.82, 2.24) is 4.90 Å². The van der Waals surface area contributed by atoms with Crippen LogP contribution in [0.5, 0.6) is 0 Å². The van der Waals surface area contributed by atoms with Crippen molar-refractivity contribution in [2.45, 2.75) is 84.0 Å². The van der Waals surface area contributed by atoms with Crippen LogP contribution in [0.15, 0.2) is 22.7 Å². The third-order valence-electron chi connectivity index (χ3n) is 6.06. The van der Waals surface area contributed by atoms with E-state index in [2.05, 4.69) is 61.8 Å². The lowest BCUT2D eigenvalue weighted by molar-refractivity contribution is 0.00578. The summed E-state index contributed by atoms with van der Waals surface area (Å²) in [6.07, 6.45) is 1.79. The van der Waals surface area contributed by atoms with Crippen LogP contribution in [0, 0.1) is 0 Å². The Hall–Kier alpha value is -1.05. The zero-order valence-electron chi connectivity index (χ0n) is 18.7. The van der Waals surface area contributed by atoms with E-state index in [0.717, 1.165) is 29.3 Å². The molecule has 1 aromatic rings. The van der Waals surface area contributed by atoms with Crippen LogP contribution in [0.2, 0.25) is 0 Å². The minimum Gasteiger partial charge on any atom is -0.444 e. The van der Waals surface area contributed by atoms with Gasteiger partial charge in [0, 0.05) is 23.5 Å². The van der Waals surface area contributed by atoms with Crippen molar-refractivity contribution >= 4 is 34.6 Å². The van der Waals surface area contributed by atoms with E-state index in [4.69, 9.17) is 14.0 Å². The van der Waals surface area contributed by atoms with E-state index < -0.39 is 5.60 Å². The minimum atomic E-state index is -0.477. The van der Waals surface area contributed by atoms with E-state index >= 15 is 0 Å². The van der Waals surface area contributed by atoms with Gasteiger partial charge in [-0.25, -0.2) is 4.79 Å². The van der Waals surface area contributed by atoms with Gasteiger partial charge in [0.05, 0.1) is 11.2 Å². The molecule has 0 aromatic heterocycles. The molecule has 7 heteroatoms. The largest absolute Gasteiger partial charge is 0.494 e. The highest BCUT2D eigenvalue weighted by molar-refractivity contribution is 9.10. The molecule has 1 unspecified atom stereocenters. The topological polar surface area (TPSA) is 48.0 Å². The van der Waals surface area contributed by atoms with Crippen LogP contribution in [0.3, 0.4) is 0 Å². The van der Waals surface area contributed by atoms with Gasteiger partial charge < -0.3 is 18.9 Å². The van der Waals surface area contributed by atoms with Gasteiger partial charge in [0.1, 0.15) is 5.60 Å². The first-order valence-electron chi connectivity index (χ1n) is 10.4. The van der Waals surface area contributed by atoms with Crippen molar-refractivity contribution in [3.05, 3.63) is 28.2 Å². The Kier molecular flexibility index (Phi) is 6.16. The molecule has 2 aliphatic heterocycles. The second-order valence-electron chi connectivity index (χ2n) is 10.1.